The Bertz CT molecular complexity index is 423. The first-order valence-electron chi connectivity index (χ1n) is 7.88. The first-order valence-corrected chi connectivity index (χ1v) is 7.88. The largest absolute Gasteiger partial charge is 0.508 e. The average Bonchev–Trinajstić information content (AvgIpc) is 2.92. The number of rotatable bonds is 4. The van der Waals surface area contributed by atoms with Gasteiger partial charge in [0.25, 0.3) is 0 Å². The zero-order valence-corrected chi connectivity index (χ0v) is 11.7. The molecule has 19 heavy (non-hydrogen) atoms. The summed E-state index contributed by atoms with van der Waals surface area (Å²) in [5.74, 6) is 1.38. The fourth-order valence-electron chi connectivity index (χ4n) is 3.77. The number of hydrogen-bond donors (Lipinski definition) is 2. The number of aromatic hydroxyl groups is 1. The van der Waals surface area contributed by atoms with Gasteiger partial charge in [0.05, 0.1) is 0 Å². The number of fused-ring (bicyclic) bond motifs is 1. The molecule has 2 heteroatoms. The van der Waals surface area contributed by atoms with Gasteiger partial charge < -0.3 is 10.4 Å². The number of phenols is 1. The summed E-state index contributed by atoms with van der Waals surface area (Å²) in [7, 11) is 0. The van der Waals surface area contributed by atoms with E-state index in [1.807, 2.05) is 12.1 Å². The van der Waals surface area contributed by atoms with Crippen molar-refractivity contribution in [2.45, 2.75) is 57.4 Å². The van der Waals surface area contributed by atoms with E-state index in [1.54, 1.807) is 0 Å². The van der Waals surface area contributed by atoms with Crippen LogP contribution in [0.25, 0.3) is 0 Å². The Hall–Kier alpha value is -1.02. The monoisotopic (exact) mass is 259 g/mol. The molecule has 0 amide bonds. The van der Waals surface area contributed by atoms with Gasteiger partial charge in [-0.15, -0.1) is 0 Å². The third kappa shape index (κ3) is 3.11. The summed E-state index contributed by atoms with van der Waals surface area (Å²) >= 11 is 0. The van der Waals surface area contributed by atoms with Gasteiger partial charge in [0.1, 0.15) is 5.75 Å². The Labute approximate surface area is 116 Å². The molecule has 0 spiro atoms. The molecule has 3 rings (SSSR count). The third-order valence-electron chi connectivity index (χ3n) is 4.86. The van der Waals surface area contributed by atoms with E-state index < -0.39 is 0 Å². The lowest BCUT2D eigenvalue weighted by molar-refractivity contribution is 0.413. The summed E-state index contributed by atoms with van der Waals surface area (Å²) in [5.41, 5.74) is 2.75. The van der Waals surface area contributed by atoms with Crippen molar-refractivity contribution in [3.63, 3.8) is 0 Å². The van der Waals surface area contributed by atoms with Gasteiger partial charge in [-0.1, -0.05) is 31.7 Å². The second-order valence-electron chi connectivity index (χ2n) is 6.22. The predicted octanol–water partition coefficient (Wildman–Crippen LogP) is 3.94. The fourth-order valence-corrected chi connectivity index (χ4v) is 3.77. The minimum Gasteiger partial charge on any atom is -0.508 e. The number of aryl methyl sites for hydroxylation is 1. The van der Waals surface area contributed by atoms with E-state index >= 15 is 0 Å². The van der Waals surface area contributed by atoms with Crippen LogP contribution in [0.15, 0.2) is 18.2 Å². The number of phenolic OH excluding ortho intramolecular Hbond substituents is 1. The standard InChI is InChI=1S/C17H25NO/c19-15-8-9-16-14(12-15)6-3-7-17(16)18-11-10-13-4-1-2-5-13/h8-9,12-13,17-19H,1-7,10-11H2. The van der Waals surface area contributed by atoms with Crippen molar-refractivity contribution in [3.8, 4) is 5.75 Å². The molecule has 0 bridgehead atoms. The van der Waals surface area contributed by atoms with Crippen molar-refractivity contribution >= 4 is 0 Å². The first kappa shape index (κ1) is 13.0. The minimum atomic E-state index is 0.408. The Morgan fingerprint density at radius 2 is 1.95 bits per heavy atom. The van der Waals surface area contributed by atoms with Crippen LogP contribution in [-0.2, 0) is 6.42 Å². The maximum atomic E-state index is 9.57. The van der Waals surface area contributed by atoms with E-state index in [0.29, 0.717) is 11.8 Å². The molecule has 0 saturated heterocycles. The van der Waals surface area contributed by atoms with Crippen LogP contribution in [0.4, 0.5) is 0 Å². The molecular weight excluding hydrogens is 234 g/mol. The van der Waals surface area contributed by atoms with E-state index in [0.717, 1.165) is 18.9 Å². The zero-order valence-electron chi connectivity index (χ0n) is 11.7. The first-order chi connectivity index (χ1) is 9.33. The summed E-state index contributed by atoms with van der Waals surface area (Å²) in [4.78, 5) is 0. The van der Waals surface area contributed by atoms with Crippen LogP contribution in [0.3, 0.4) is 0 Å². The Morgan fingerprint density at radius 3 is 2.79 bits per heavy atom. The van der Waals surface area contributed by atoms with Crippen molar-refractivity contribution in [3.05, 3.63) is 29.3 Å². The predicted molar refractivity (Wildman–Crippen MR) is 78.4 cm³/mol. The fraction of sp³-hybridized carbons (Fsp3) is 0.647. The van der Waals surface area contributed by atoms with E-state index in [-0.39, 0.29) is 0 Å². The maximum Gasteiger partial charge on any atom is 0.115 e. The molecule has 1 aromatic carbocycles. The normalized spacial score (nSPS) is 23.5. The lowest BCUT2D eigenvalue weighted by Gasteiger charge is -2.27. The smallest absolute Gasteiger partial charge is 0.115 e. The Balaban J connectivity index is 1.57. The van der Waals surface area contributed by atoms with Crippen molar-refractivity contribution in [2.75, 3.05) is 6.54 Å². The van der Waals surface area contributed by atoms with Gasteiger partial charge in [-0.25, -0.2) is 0 Å². The second-order valence-corrected chi connectivity index (χ2v) is 6.22. The van der Waals surface area contributed by atoms with E-state index in [4.69, 9.17) is 0 Å². The summed E-state index contributed by atoms with van der Waals surface area (Å²) in [6.07, 6.45) is 10.7. The van der Waals surface area contributed by atoms with E-state index in [2.05, 4.69) is 11.4 Å². The number of nitrogens with one attached hydrogen (secondary N) is 1. The molecule has 2 aliphatic rings. The molecule has 0 aromatic heterocycles. The van der Waals surface area contributed by atoms with Gasteiger partial charge in [0.2, 0.25) is 0 Å². The highest BCUT2D eigenvalue weighted by molar-refractivity contribution is 5.38. The van der Waals surface area contributed by atoms with Crippen LogP contribution in [0, 0.1) is 5.92 Å². The molecule has 104 valence electrons. The summed E-state index contributed by atoms with van der Waals surface area (Å²) in [5, 5.41) is 13.3. The van der Waals surface area contributed by atoms with Gasteiger partial charge in [-0.2, -0.15) is 0 Å². The molecule has 1 aromatic rings. The minimum absolute atomic E-state index is 0.408. The number of hydrogen-bond acceptors (Lipinski definition) is 2. The van der Waals surface area contributed by atoms with Crippen molar-refractivity contribution < 1.29 is 5.11 Å². The van der Waals surface area contributed by atoms with Crippen molar-refractivity contribution in [2.24, 2.45) is 5.92 Å². The number of benzene rings is 1. The van der Waals surface area contributed by atoms with Crippen LogP contribution in [0.5, 0.6) is 5.75 Å². The quantitative estimate of drug-likeness (QED) is 0.858. The highest BCUT2D eigenvalue weighted by Gasteiger charge is 2.21. The van der Waals surface area contributed by atoms with E-state index in [9.17, 15) is 5.11 Å². The highest BCUT2D eigenvalue weighted by Crippen LogP contribution is 2.32. The molecule has 2 N–H and O–H groups in total. The molecule has 2 nitrogen and oxygen atoms in total. The van der Waals surface area contributed by atoms with Crippen molar-refractivity contribution in [1.82, 2.24) is 5.32 Å². The lowest BCUT2D eigenvalue weighted by atomic mass is 9.87. The van der Waals surface area contributed by atoms with Gasteiger partial charge in [0, 0.05) is 6.04 Å². The third-order valence-corrected chi connectivity index (χ3v) is 4.86. The molecule has 1 atom stereocenters. The maximum absolute atomic E-state index is 9.57. The summed E-state index contributed by atoms with van der Waals surface area (Å²) in [6.45, 7) is 1.15. The van der Waals surface area contributed by atoms with Gasteiger partial charge >= 0.3 is 0 Å². The molecule has 1 fully saturated rings. The van der Waals surface area contributed by atoms with Crippen LogP contribution >= 0.6 is 0 Å². The SMILES string of the molecule is Oc1ccc2c(c1)CCCC2NCCC1CCCC1. The second kappa shape index (κ2) is 5.96. The van der Waals surface area contributed by atoms with Crippen molar-refractivity contribution in [1.29, 1.82) is 0 Å². The summed E-state index contributed by atoms with van der Waals surface area (Å²) < 4.78 is 0. The molecule has 0 heterocycles. The molecule has 1 saturated carbocycles. The Kier molecular flexibility index (Phi) is 4.07. The molecule has 1 unspecified atom stereocenters. The van der Waals surface area contributed by atoms with Gasteiger partial charge in [-0.3, -0.25) is 0 Å². The zero-order chi connectivity index (χ0) is 13.1. The van der Waals surface area contributed by atoms with Crippen LogP contribution in [0.2, 0.25) is 0 Å². The lowest BCUT2D eigenvalue weighted by Crippen LogP contribution is -2.27. The average molecular weight is 259 g/mol. The topological polar surface area (TPSA) is 32.3 Å². The Morgan fingerprint density at radius 1 is 1.11 bits per heavy atom. The molecular formula is C17H25NO. The van der Waals surface area contributed by atoms with Crippen LogP contribution in [0.1, 0.15) is 62.1 Å². The molecule has 0 radical (unpaired) electrons. The molecule has 2 aliphatic carbocycles. The highest BCUT2D eigenvalue weighted by atomic mass is 16.3. The van der Waals surface area contributed by atoms with Crippen LogP contribution in [-0.4, -0.2) is 11.7 Å². The van der Waals surface area contributed by atoms with Crippen LogP contribution < -0.4 is 5.32 Å². The molecule has 0 aliphatic heterocycles. The van der Waals surface area contributed by atoms with Gasteiger partial charge in [-0.05, 0) is 61.4 Å². The van der Waals surface area contributed by atoms with E-state index in [1.165, 1.54) is 56.1 Å². The summed E-state index contributed by atoms with van der Waals surface area (Å²) in [6, 6.07) is 6.39. The van der Waals surface area contributed by atoms with Gasteiger partial charge in [0.15, 0.2) is 0 Å².